The van der Waals surface area contributed by atoms with Crippen molar-refractivity contribution < 1.29 is 0 Å². The molecule has 0 spiro atoms. The summed E-state index contributed by atoms with van der Waals surface area (Å²) in [5.41, 5.74) is 4.39. The van der Waals surface area contributed by atoms with Crippen LogP contribution in [0, 0.1) is 5.92 Å². The lowest BCUT2D eigenvalue weighted by Crippen LogP contribution is -1.94. The predicted molar refractivity (Wildman–Crippen MR) is 133 cm³/mol. The van der Waals surface area contributed by atoms with Gasteiger partial charge in [0.1, 0.15) is 0 Å². The Morgan fingerprint density at radius 3 is 1.46 bits per heavy atom. The third kappa shape index (κ3) is 17.8. The van der Waals surface area contributed by atoms with Crippen LogP contribution in [0.5, 0.6) is 0 Å². The van der Waals surface area contributed by atoms with Crippen LogP contribution in [-0.2, 0) is 19.3 Å². The molecule has 0 amide bonds. The molecule has 0 bridgehead atoms. The summed E-state index contributed by atoms with van der Waals surface area (Å²) in [7, 11) is 0. The van der Waals surface area contributed by atoms with Gasteiger partial charge in [0.2, 0.25) is 0 Å². The topological polar surface area (TPSA) is 0 Å². The highest BCUT2D eigenvalue weighted by atomic mass is 14.1. The lowest BCUT2D eigenvalue weighted by Gasteiger charge is -2.07. The van der Waals surface area contributed by atoms with Crippen molar-refractivity contribution in [2.45, 2.75) is 101 Å². The second-order valence-corrected chi connectivity index (χ2v) is 6.09. The molecule has 0 heteroatoms. The molecule has 28 heavy (non-hydrogen) atoms. The number of hydrogen-bond donors (Lipinski definition) is 0. The summed E-state index contributed by atoms with van der Waals surface area (Å²) in [5, 5.41) is 0. The largest absolute Gasteiger partial charge is 0.0683 e. The molecule has 0 fully saturated rings. The third-order valence-corrected chi connectivity index (χ3v) is 3.78. The van der Waals surface area contributed by atoms with E-state index in [9.17, 15) is 0 Å². The minimum Gasteiger partial charge on any atom is -0.0683 e. The fourth-order valence-corrected chi connectivity index (χ4v) is 2.59. The Balaban J connectivity index is -0.000000695. The van der Waals surface area contributed by atoms with Gasteiger partial charge in [0.05, 0.1) is 0 Å². The molecule has 0 heterocycles. The second kappa shape index (κ2) is 25.4. The van der Waals surface area contributed by atoms with Crippen LogP contribution in [0.1, 0.15) is 98.8 Å². The van der Waals surface area contributed by atoms with Gasteiger partial charge in [-0.05, 0) is 48.3 Å². The molecule has 0 N–H and O–H groups in total. The summed E-state index contributed by atoms with van der Waals surface area (Å²) in [6.07, 6.45) is 6.13. The van der Waals surface area contributed by atoms with Crippen molar-refractivity contribution in [1.82, 2.24) is 0 Å². The van der Waals surface area contributed by atoms with Gasteiger partial charge in [0.15, 0.2) is 0 Å². The molecule has 2 aromatic rings. The maximum absolute atomic E-state index is 2.39. The van der Waals surface area contributed by atoms with Crippen molar-refractivity contribution >= 4 is 0 Å². The van der Waals surface area contributed by atoms with Crippen molar-refractivity contribution in [3.05, 3.63) is 71.3 Å². The van der Waals surface area contributed by atoms with Gasteiger partial charge >= 0.3 is 0 Å². The smallest absolute Gasteiger partial charge is 0.0238 e. The Bertz CT molecular complexity index is 496. The highest BCUT2D eigenvalue weighted by molar-refractivity contribution is 5.25. The molecule has 0 aliphatic heterocycles. The highest BCUT2D eigenvalue weighted by Gasteiger charge is 1.99. The molecule has 0 saturated heterocycles. The molecule has 0 aliphatic carbocycles. The summed E-state index contributed by atoms with van der Waals surface area (Å²) in [5.74, 6) is 0.816. The van der Waals surface area contributed by atoms with Gasteiger partial charge in [-0.1, -0.05) is 130 Å². The summed E-state index contributed by atoms with van der Waals surface area (Å²) in [6, 6.07) is 19.9. The van der Waals surface area contributed by atoms with E-state index in [0.717, 1.165) is 18.8 Å². The Hall–Kier alpha value is -1.56. The number of rotatable bonds is 7. The zero-order valence-corrected chi connectivity index (χ0v) is 20.8. The van der Waals surface area contributed by atoms with E-state index in [2.05, 4.69) is 68.4 Å². The fourth-order valence-electron chi connectivity index (χ4n) is 2.59. The van der Waals surface area contributed by atoms with Crippen LogP contribution in [0.4, 0.5) is 0 Å². The molecule has 0 atom stereocenters. The molecular formula is C28H50. The standard InChI is InChI=1S/C20H26.4C2H6/c1-17(2)8-6-11-19-12-7-13-20(16-19)15-14-18-9-4-3-5-10-18;4*1-2/h3-5,7,9-10,12-13,16-17H,6,8,11,14-15H2,1-2H3;4*1-2H3. The molecule has 162 valence electrons. The van der Waals surface area contributed by atoms with Crippen LogP contribution >= 0.6 is 0 Å². The molecule has 0 aromatic heterocycles. The number of aryl methyl sites for hydroxylation is 3. The van der Waals surface area contributed by atoms with Gasteiger partial charge in [-0.15, -0.1) is 0 Å². The zero-order valence-electron chi connectivity index (χ0n) is 20.8. The molecule has 0 unspecified atom stereocenters. The number of hydrogen-bond acceptors (Lipinski definition) is 0. The van der Waals surface area contributed by atoms with E-state index in [1.807, 2.05) is 55.4 Å². The van der Waals surface area contributed by atoms with Crippen LogP contribution in [0.25, 0.3) is 0 Å². The van der Waals surface area contributed by atoms with E-state index >= 15 is 0 Å². The van der Waals surface area contributed by atoms with E-state index < -0.39 is 0 Å². The minimum atomic E-state index is 0.816. The first kappa shape index (κ1) is 31.1. The van der Waals surface area contributed by atoms with Crippen molar-refractivity contribution in [3.63, 3.8) is 0 Å². The lowest BCUT2D eigenvalue weighted by molar-refractivity contribution is 0.555. The van der Waals surface area contributed by atoms with E-state index in [4.69, 9.17) is 0 Å². The first-order valence-corrected chi connectivity index (χ1v) is 11.9. The summed E-state index contributed by atoms with van der Waals surface area (Å²) in [4.78, 5) is 0. The third-order valence-electron chi connectivity index (χ3n) is 3.78. The van der Waals surface area contributed by atoms with E-state index in [-0.39, 0.29) is 0 Å². The van der Waals surface area contributed by atoms with Crippen LogP contribution in [0.15, 0.2) is 54.6 Å². The Labute approximate surface area is 178 Å². The van der Waals surface area contributed by atoms with E-state index in [1.165, 1.54) is 36.0 Å². The minimum absolute atomic E-state index is 0.816. The van der Waals surface area contributed by atoms with Gasteiger partial charge in [-0.2, -0.15) is 0 Å². The van der Waals surface area contributed by atoms with Crippen LogP contribution < -0.4 is 0 Å². The monoisotopic (exact) mass is 386 g/mol. The molecule has 2 rings (SSSR count). The number of benzene rings is 2. The summed E-state index contributed by atoms with van der Waals surface area (Å²) < 4.78 is 0. The van der Waals surface area contributed by atoms with Crippen LogP contribution in [0.3, 0.4) is 0 Å². The van der Waals surface area contributed by atoms with Crippen LogP contribution in [0.2, 0.25) is 0 Å². The highest BCUT2D eigenvalue weighted by Crippen LogP contribution is 2.13. The quantitative estimate of drug-likeness (QED) is 0.444. The second-order valence-electron chi connectivity index (χ2n) is 6.09. The van der Waals surface area contributed by atoms with Gasteiger partial charge in [0, 0.05) is 0 Å². The molecular weight excluding hydrogens is 336 g/mol. The molecule has 0 saturated carbocycles. The van der Waals surface area contributed by atoms with Crippen molar-refractivity contribution in [3.8, 4) is 0 Å². The Morgan fingerprint density at radius 1 is 0.536 bits per heavy atom. The van der Waals surface area contributed by atoms with Gasteiger partial charge in [0.25, 0.3) is 0 Å². The van der Waals surface area contributed by atoms with Gasteiger partial charge in [-0.3, -0.25) is 0 Å². The van der Waals surface area contributed by atoms with Crippen molar-refractivity contribution in [1.29, 1.82) is 0 Å². The molecule has 0 radical (unpaired) electrons. The summed E-state index contributed by atoms with van der Waals surface area (Å²) in [6.45, 7) is 20.6. The Morgan fingerprint density at radius 2 is 0.964 bits per heavy atom. The van der Waals surface area contributed by atoms with Crippen molar-refractivity contribution in [2.24, 2.45) is 5.92 Å². The normalized spacial score (nSPS) is 8.68. The average Bonchev–Trinajstić information content (AvgIpc) is 2.79. The maximum Gasteiger partial charge on any atom is -0.0238 e. The van der Waals surface area contributed by atoms with Crippen molar-refractivity contribution in [2.75, 3.05) is 0 Å². The van der Waals surface area contributed by atoms with E-state index in [0.29, 0.717) is 0 Å². The van der Waals surface area contributed by atoms with Gasteiger partial charge < -0.3 is 0 Å². The SMILES string of the molecule is CC.CC.CC.CC.CC(C)CCCc1cccc(CCc2ccccc2)c1. The summed E-state index contributed by atoms with van der Waals surface area (Å²) >= 11 is 0. The van der Waals surface area contributed by atoms with Gasteiger partial charge in [-0.25, -0.2) is 0 Å². The zero-order chi connectivity index (χ0) is 22.2. The maximum atomic E-state index is 2.39. The fraction of sp³-hybridized carbons (Fsp3) is 0.571. The Kier molecular flexibility index (Phi) is 28.3. The van der Waals surface area contributed by atoms with Crippen LogP contribution in [-0.4, -0.2) is 0 Å². The lowest BCUT2D eigenvalue weighted by atomic mass is 9.99. The molecule has 0 aliphatic rings. The molecule has 0 nitrogen and oxygen atoms in total. The first-order chi connectivity index (χ1) is 13.7. The first-order valence-electron chi connectivity index (χ1n) is 11.9. The predicted octanol–water partition coefficient (Wildman–Crippen LogP) is 9.56. The average molecular weight is 387 g/mol. The molecule has 2 aromatic carbocycles. The van der Waals surface area contributed by atoms with E-state index in [1.54, 1.807) is 0 Å².